The van der Waals surface area contributed by atoms with Crippen LogP contribution < -0.4 is 10.4 Å². The maximum absolute atomic E-state index is 6.15. The number of allylic oxidation sites excluding steroid dienone is 1. The molecule has 0 spiro atoms. The molecule has 0 saturated carbocycles. The van der Waals surface area contributed by atoms with E-state index in [1.54, 1.807) is 0 Å². The highest BCUT2D eigenvalue weighted by Crippen LogP contribution is 2.18. The fourth-order valence-electron chi connectivity index (χ4n) is 1.94. The van der Waals surface area contributed by atoms with E-state index in [1.807, 2.05) is 25.2 Å². The third-order valence-electron chi connectivity index (χ3n) is 2.98. The average Bonchev–Trinajstić information content (AvgIpc) is 2.41. The van der Waals surface area contributed by atoms with Crippen molar-refractivity contribution in [1.82, 2.24) is 5.43 Å². The lowest BCUT2D eigenvalue weighted by Crippen LogP contribution is -2.34. The van der Waals surface area contributed by atoms with Gasteiger partial charge in [0.25, 0.3) is 0 Å². The van der Waals surface area contributed by atoms with Crippen LogP contribution in [0.5, 0.6) is 0 Å². The Morgan fingerprint density at radius 3 is 2.38 bits per heavy atom. The van der Waals surface area contributed by atoms with E-state index in [1.165, 1.54) is 5.69 Å². The summed E-state index contributed by atoms with van der Waals surface area (Å²) in [6, 6.07) is 10.3. The molecule has 0 aliphatic carbocycles. The van der Waals surface area contributed by atoms with Crippen LogP contribution in [0.25, 0.3) is 0 Å². The van der Waals surface area contributed by atoms with Gasteiger partial charge in [0.15, 0.2) is 0 Å². The van der Waals surface area contributed by atoms with Gasteiger partial charge in [0.1, 0.15) is 0 Å². The summed E-state index contributed by atoms with van der Waals surface area (Å²) in [5.74, 6) is 1.59. The van der Waals surface area contributed by atoms with Crippen LogP contribution in [0.2, 0.25) is 19.6 Å². The van der Waals surface area contributed by atoms with Gasteiger partial charge in [-0.1, -0.05) is 32.0 Å². The summed E-state index contributed by atoms with van der Waals surface area (Å²) in [4.78, 5) is 0. The van der Waals surface area contributed by atoms with Gasteiger partial charge >= 0.3 is 0 Å². The molecule has 0 radical (unpaired) electrons. The van der Waals surface area contributed by atoms with Crippen molar-refractivity contribution in [3.8, 4) is 0 Å². The topological polar surface area (TPSA) is 24.5 Å². The lowest BCUT2D eigenvalue weighted by Gasteiger charge is -2.24. The molecule has 0 aliphatic heterocycles. The molecule has 0 atom stereocenters. The second kappa shape index (κ2) is 8.25. The fraction of sp³-hybridized carbons (Fsp3) is 0.529. The summed E-state index contributed by atoms with van der Waals surface area (Å²) in [6.45, 7) is 12.0. The Balaban J connectivity index is 2.45. The number of rotatable bonds is 8. The minimum Gasteiger partial charge on any atom is -0.547 e. The van der Waals surface area contributed by atoms with Crippen LogP contribution >= 0.6 is 0 Å². The van der Waals surface area contributed by atoms with E-state index in [2.05, 4.69) is 62.1 Å². The molecule has 0 saturated heterocycles. The van der Waals surface area contributed by atoms with Crippen LogP contribution in [0.1, 0.15) is 20.3 Å². The van der Waals surface area contributed by atoms with Crippen molar-refractivity contribution < 1.29 is 4.43 Å². The number of nitrogens with zero attached hydrogens (tertiary/aromatic N) is 1. The van der Waals surface area contributed by atoms with Crippen LogP contribution in [0.3, 0.4) is 0 Å². The van der Waals surface area contributed by atoms with Gasteiger partial charge in [-0.15, -0.1) is 0 Å². The first-order valence-electron chi connectivity index (χ1n) is 7.71. The van der Waals surface area contributed by atoms with Crippen LogP contribution in [-0.4, -0.2) is 21.9 Å². The van der Waals surface area contributed by atoms with Crippen molar-refractivity contribution in [2.75, 3.05) is 18.6 Å². The van der Waals surface area contributed by atoms with Crippen molar-refractivity contribution in [3.05, 3.63) is 42.2 Å². The zero-order chi connectivity index (χ0) is 15.9. The molecular weight excluding hydrogens is 276 g/mol. The maximum Gasteiger partial charge on any atom is 0.241 e. The van der Waals surface area contributed by atoms with Gasteiger partial charge in [-0.3, -0.25) is 0 Å². The number of para-hydroxylation sites is 1. The molecule has 0 amide bonds. The predicted molar refractivity (Wildman–Crippen MR) is 94.8 cm³/mol. The Kier molecular flexibility index (Phi) is 6.98. The van der Waals surface area contributed by atoms with Gasteiger partial charge < -0.3 is 9.43 Å². The summed E-state index contributed by atoms with van der Waals surface area (Å²) in [6.07, 6.45) is 3.20. The first-order chi connectivity index (χ1) is 9.79. The van der Waals surface area contributed by atoms with E-state index >= 15 is 0 Å². The Labute approximate surface area is 131 Å². The third kappa shape index (κ3) is 7.34. The number of nitrogens with one attached hydrogen (secondary N) is 1. The van der Waals surface area contributed by atoms with Gasteiger partial charge in [-0.2, -0.15) is 0 Å². The van der Waals surface area contributed by atoms with Crippen LogP contribution in [0.4, 0.5) is 5.69 Å². The molecule has 4 heteroatoms. The molecule has 0 aromatic heterocycles. The standard InChI is InChI=1S/C17H30N2OSi/c1-15(2)17(20-21(4,5)6)13-10-14-18-19(3)16-11-8-7-9-12-16/h7-9,11-13,15,18H,10,14H2,1-6H3/b17-13+. The summed E-state index contributed by atoms with van der Waals surface area (Å²) < 4.78 is 6.15. The SMILES string of the molecule is CC(C)/C(=C\CCNN(C)c1ccccc1)O[Si](C)(C)C. The quantitative estimate of drug-likeness (QED) is 0.333. The molecule has 1 rings (SSSR count). The summed E-state index contributed by atoms with van der Waals surface area (Å²) >= 11 is 0. The van der Waals surface area contributed by atoms with E-state index in [0.717, 1.165) is 18.7 Å². The summed E-state index contributed by atoms with van der Waals surface area (Å²) in [7, 11) is 0.526. The zero-order valence-corrected chi connectivity index (χ0v) is 15.3. The number of hydrazine groups is 1. The molecule has 0 aliphatic rings. The molecular formula is C17H30N2OSi. The number of hydrogen-bond acceptors (Lipinski definition) is 3. The molecule has 3 nitrogen and oxygen atoms in total. The Morgan fingerprint density at radius 1 is 1.24 bits per heavy atom. The first kappa shape index (κ1) is 17.8. The molecule has 0 bridgehead atoms. The first-order valence-corrected chi connectivity index (χ1v) is 11.1. The van der Waals surface area contributed by atoms with Crippen molar-refractivity contribution >= 4 is 14.0 Å². The van der Waals surface area contributed by atoms with Gasteiger partial charge in [0, 0.05) is 19.5 Å². The zero-order valence-electron chi connectivity index (χ0n) is 14.3. The van der Waals surface area contributed by atoms with Crippen molar-refractivity contribution in [2.24, 2.45) is 5.92 Å². The second-order valence-electron chi connectivity index (χ2n) is 6.57. The van der Waals surface area contributed by atoms with Crippen LogP contribution in [0, 0.1) is 5.92 Å². The predicted octanol–water partition coefficient (Wildman–Crippen LogP) is 4.41. The molecule has 118 valence electrons. The molecule has 1 aromatic rings. The van der Waals surface area contributed by atoms with E-state index in [4.69, 9.17) is 4.43 Å². The molecule has 0 heterocycles. The van der Waals surface area contributed by atoms with Gasteiger partial charge in [0.05, 0.1) is 11.4 Å². The van der Waals surface area contributed by atoms with Crippen LogP contribution in [0.15, 0.2) is 42.2 Å². The van der Waals surface area contributed by atoms with Crippen molar-refractivity contribution in [2.45, 2.75) is 39.9 Å². The van der Waals surface area contributed by atoms with Crippen LogP contribution in [-0.2, 0) is 4.43 Å². The largest absolute Gasteiger partial charge is 0.547 e. The second-order valence-corrected chi connectivity index (χ2v) is 11.0. The van der Waals surface area contributed by atoms with E-state index in [-0.39, 0.29) is 0 Å². The minimum absolute atomic E-state index is 0.448. The molecule has 21 heavy (non-hydrogen) atoms. The highest BCUT2D eigenvalue weighted by molar-refractivity contribution is 6.70. The Morgan fingerprint density at radius 2 is 1.86 bits per heavy atom. The number of anilines is 1. The highest BCUT2D eigenvalue weighted by atomic mass is 28.4. The normalized spacial score (nSPS) is 12.6. The molecule has 1 N–H and O–H groups in total. The van der Waals surface area contributed by atoms with Gasteiger partial charge in [0.2, 0.25) is 8.32 Å². The molecule has 0 fully saturated rings. The monoisotopic (exact) mass is 306 g/mol. The molecule has 0 unspecified atom stereocenters. The third-order valence-corrected chi connectivity index (χ3v) is 3.82. The fourth-order valence-corrected chi connectivity index (χ4v) is 2.96. The Bertz CT molecular complexity index is 438. The highest BCUT2D eigenvalue weighted by Gasteiger charge is 2.18. The van der Waals surface area contributed by atoms with Crippen molar-refractivity contribution in [3.63, 3.8) is 0 Å². The maximum atomic E-state index is 6.15. The average molecular weight is 307 g/mol. The Hall–Kier alpha value is -1.26. The van der Waals surface area contributed by atoms with Gasteiger partial charge in [-0.25, -0.2) is 5.43 Å². The van der Waals surface area contributed by atoms with Crippen molar-refractivity contribution in [1.29, 1.82) is 0 Å². The van der Waals surface area contributed by atoms with Gasteiger partial charge in [-0.05, 0) is 44.3 Å². The summed E-state index contributed by atoms with van der Waals surface area (Å²) in [5, 5.41) is 2.06. The van der Waals surface area contributed by atoms with E-state index in [0.29, 0.717) is 5.92 Å². The lowest BCUT2D eigenvalue weighted by atomic mass is 10.1. The number of benzene rings is 1. The smallest absolute Gasteiger partial charge is 0.241 e. The number of hydrogen-bond donors (Lipinski definition) is 1. The lowest BCUT2D eigenvalue weighted by molar-refractivity contribution is 0.361. The minimum atomic E-state index is -1.52. The summed E-state index contributed by atoms with van der Waals surface area (Å²) in [5.41, 5.74) is 4.57. The van der Waals surface area contributed by atoms with E-state index < -0.39 is 8.32 Å². The molecule has 1 aromatic carbocycles. The van der Waals surface area contributed by atoms with E-state index in [9.17, 15) is 0 Å².